The van der Waals surface area contributed by atoms with Crippen LogP contribution in [0.5, 0.6) is 0 Å². The van der Waals surface area contributed by atoms with Gasteiger partial charge in [0.25, 0.3) is 0 Å². The summed E-state index contributed by atoms with van der Waals surface area (Å²) < 4.78 is 0. The van der Waals surface area contributed by atoms with Gasteiger partial charge in [-0.2, -0.15) is 5.26 Å². The summed E-state index contributed by atoms with van der Waals surface area (Å²) in [6.45, 7) is 1.94. The average Bonchev–Trinajstić information content (AvgIpc) is 2.44. The first-order chi connectivity index (χ1) is 9.52. The standard InChI is InChI=1S/C16H11Cl2NO/c1-10-2-4-11(5-3-10)16(20)13(9-19)12-6-7-14(17)15(18)8-12/h2-8,13H,1H3. The molecule has 0 radical (unpaired) electrons. The summed E-state index contributed by atoms with van der Waals surface area (Å²) in [4.78, 5) is 12.4. The maximum absolute atomic E-state index is 12.4. The zero-order valence-electron chi connectivity index (χ0n) is 10.7. The van der Waals surface area contributed by atoms with Crippen LogP contribution in [0.1, 0.15) is 27.4 Å². The van der Waals surface area contributed by atoms with E-state index >= 15 is 0 Å². The number of ketones is 1. The van der Waals surface area contributed by atoms with Crippen LogP contribution in [0.2, 0.25) is 10.0 Å². The third-order valence-corrected chi connectivity index (χ3v) is 3.74. The summed E-state index contributed by atoms with van der Waals surface area (Å²) in [6, 6.07) is 14.0. The number of Topliss-reactive ketones (excluding diaryl/α,β-unsaturated/α-hetero) is 1. The Morgan fingerprint density at radius 3 is 2.30 bits per heavy atom. The van der Waals surface area contributed by atoms with Crippen LogP contribution in [0.3, 0.4) is 0 Å². The number of aryl methyl sites for hydroxylation is 1. The van der Waals surface area contributed by atoms with Crippen LogP contribution in [-0.2, 0) is 0 Å². The van der Waals surface area contributed by atoms with Crippen LogP contribution >= 0.6 is 23.2 Å². The van der Waals surface area contributed by atoms with E-state index in [1.807, 2.05) is 25.1 Å². The lowest BCUT2D eigenvalue weighted by Gasteiger charge is -2.10. The van der Waals surface area contributed by atoms with E-state index in [1.165, 1.54) is 0 Å². The lowest BCUT2D eigenvalue weighted by atomic mass is 9.91. The maximum atomic E-state index is 12.4. The Bertz CT molecular complexity index is 687. The zero-order chi connectivity index (χ0) is 14.7. The number of carbonyl (C=O) groups is 1. The molecule has 0 aromatic heterocycles. The molecule has 0 amide bonds. The predicted octanol–water partition coefficient (Wildman–Crippen LogP) is 4.79. The van der Waals surface area contributed by atoms with Gasteiger partial charge in [0.05, 0.1) is 16.1 Å². The molecule has 2 nitrogen and oxygen atoms in total. The van der Waals surface area contributed by atoms with Crippen LogP contribution < -0.4 is 0 Å². The van der Waals surface area contributed by atoms with Crippen LogP contribution in [-0.4, -0.2) is 5.78 Å². The molecule has 2 aromatic carbocycles. The van der Waals surface area contributed by atoms with Crippen molar-refractivity contribution < 1.29 is 4.79 Å². The first-order valence-corrected chi connectivity index (χ1v) is 6.74. The smallest absolute Gasteiger partial charge is 0.184 e. The molecule has 100 valence electrons. The van der Waals surface area contributed by atoms with E-state index in [-0.39, 0.29) is 5.78 Å². The number of carbonyl (C=O) groups excluding carboxylic acids is 1. The SMILES string of the molecule is Cc1ccc(C(=O)C(C#N)c2ccc(Cl)c(Cl)c2)cc1. The van der Waals surface area contributed by atoms with Crippen LogP contribution in [0, 0.1) is 18.3 Å². The fraction of sp³-hybridized carbons (Fsp3) is 0.125. The highest BCUT2D eigenvalue weighted by Crippen LogP contribution is 2.28. The fourth-order valence-corrected chi connectivity index (χ4v) is 2.17. The Labute approximate surface area is 127 Å². The number of halogens is 2. The lowest BCUT2D eigenvalue weighted by Crippen LogP contribution is -2.11. The van der Waals surface area contributed by atoms with Gasteiger partial charge >= 0.3 is 0 Å². The summed E-state index contributed by atoms with van der Waals surface area (Å²) in [5.74, 6) is -1.13. The number of nitrogens with zero attached hydrogens (tertiary/aromatic N) is 1. The van der Waals surface area contributed by atoms with Gasteiger partial charge in [-0.05, 0) is 24.6 Å². The van der Waals surface area contributed by atoms with Gasteiger partial charge in [0, 0.05) is 5.56 Å². The molecular formula is C16H11Cl2NO. The van der Waals surface area contributed by atoms with E-state index in [1.54, 1.807) is 30.3 Å². The van der Waals surface area contributed by atoms with E-state index in [0.717, 1.165) is 5.56 Å². The minimum atomic E-state index is -0.882. The topological polar surface area (TPSA) is 40.9 Å². The second-order valence-electron chi connectivity index (χ2n) is 4.47. The van der Waals surface area contributed by atoms with E-state index < -0.39 is 5.92 Å². The molecule has 0 bridgehead atoms. The summed E-state index contributed by atoms with van der Waals surface area (Å²) in [6.07, 6.45) is 0. The molecule has 0 saturated carbocycles. The number of hydrogen-bond acceptors (Lipinski definition) is 2. The Kier molecular flexibility index (Phi) is 4.44. The molecule has 2 aromatic rings. The summed E-state index contributed by atoms with van der Waals surface area (Å²) in [7, 11) is 0. The summed E-state index contributed by atoms with van der Waals surface area (Å²) in [5, 5.41) is 10.0. The monoisotopic (exact) mass is 303 g/mol. The molecule has 1 unspecified atom stereocenters. The van der Waals surface area contributed by atoms with E-state index in [0.29, 0.717) is 21.2 Å². The molecule has 4 heteroatoms. The number of hydrogen-bond donors (Lipinski definition) is 0. The molecular weight excluding hydrogens is 293 g/mol. The average molecular weight is 304 g/mol. The minimum Gasteiger partial charge on any atom is -0.292 e. The van der Waals surface area contributed by atoms with E-state index in [2.05, 4.69) is 0 Å². The van der Waals surface area contributed by atoms with Crippen molar-refractivity contribution >= 4 is 29.0 Å². The molecule has 0 spiro atoms. The van der Waals surface area contributed by atoms with Gasteiger partial charge in [-0.15, -0.1) is 0 Å². The van der Waals surface area contributed by atoms with Gasteiger partial charge in [0.2, 0.25) is 0 Å². The highest BCUT2D eigenvalue weighted by atomic mass is 35.5. The number of nitriles is 1. The molecule has 0 N–H and O–H groups in total. The Morgan fingerprint density at radius 1 is 1.10 bits per heavy atom. The third-order valence-electron chi connectivity index (χ3n) is 3.00. The molecule has 0 aliphatic rings. The molecule has 0 fully saturated rings. The van der Waals surface area contributed by atoms with E-state index in [4.69, 9.17) is 23.2 Å². The van der Waals surface area contributed by atoms with Crippen molar-refractivity contribution in [2.24, 2.45) is 0 Å². The quantitative estimate of drug-likeness (QED) is 0.765. The predicted molar refractivity (Wildman–Crippen MR) is 80.3 cm³/mol. The van der Waals surface area contributed by atoms with Crippen molar-refractivity contribution in [3.63, 3.8) is 0 Å². The normalized spacial score (nSPS) is 11.7. The van der Waals surface area contributed by atoms with Crippen molar-refractivity contribution in [1.29, 1.82) is 5.26 Å². The first-order valence-electron chi connectivity index (χ1n) is 5.98. The van der Waals surface area contributed by atoms with Crippen molar-refractivity contribution in [3.8, 4) is 6.07 Å². The summed E-state index contributed by atoms with van der Waals surface area (Å²) >= 11 is 11.8. The minimum absolute atomic E-state index is 0.245. The maximum Gasteiger partial charge on any atom is 0.184 e. The largest absolute Gasteiger partial charge is 0.292 e. The second kappa shape index (κ2) is 6.09. The highest BCUT2D eigenvalue weighted by molar-refractivity contribution is 6.42. The third kappa shape index (κ3) is 3.01. The lowest BCUT2D eigenvalue weighted by molar-refractivity contribution is 0.0979. The van der Waals surface area contributed by atoms with Crippen LogP contribution in [0.15, 0.2) is 42.5 Å². The van der Waals surface area contributed by atoms with Crippen molar-refractivity contribution in [3.05, 3.63) is 69.2 Å². The molecule has 0 heterocycles. The summed E-state index contributed by atoms with van der Waals surface area (Å²) in [5.41, 5.74) is 2.12. The van der Waals surface area contributed by atoms with Crippen LogP contribution in [0.25, 0.3) is 0 Å². The van der Waals surface area contributed by atoms with Gasteiger partial charge in [0.1, 0.15) is 5.92 Å². The Balaban J connectivity index is 2.37. The molecule has 0 aliphatic heterocycles. The molecule has 0 aliphatic carbocycles. The van der Waals surface area contributed by atoms with Gasteiger partial charge in [-0.25, -0.2) is 0 Å². The molecule has 20 heavy (non-hydrogen) atoms. The van der Waals surface area contributed by atoms with Gasteiger partial charge in [-0.3, -0.25) is 4.79 Å². The fourth-order valence-electron chi connectivity index (χ4n) is 1.86. The van der Waals surface area contributed by atoms with Gasteiger partial charge in [-0.1, -0.05) is 59.1 Å². The van der Waals surface area contributed by atoms with Crippen molar-refractivity contribution in [2.75, 3.05) is 0 Å². The Hall–Kier alpha value is -1.82. The number of benzene rings is 2. The zero-order valence-corrected chi connectivity index (χ0v) is 12.2. The molecule has 0 saturated heterocycles. The van der Waals surface area contributed by atoms with E-state index in [9.17, 15) is 10.1 Å². The Morgan fingerprint density at radius 2 is 1.75 bits per heavy atom. The van der Waals surface area contributed by atoms with Crippen molar-refractivity contribution in [1.82, 2.24) is 0 Å². The van der Waals surface area contributed by atoms with Crippen LogP contribution in [0.4, 0.5) is 0 Å². The van der Waals surface area contributed by atoms with Gasteiger partial charge < -0.3 is 0 Å². The second-order valence-corrected chi connectivity index (χ2v) is 5.28. The van der Waals surface area contributed by atoms with Gasteiger partial charge in [0.15, 0.2) is 5.78 Å². The molecule has 1 atom stereocenters. The first kappa shape index (κ1) is 14.6. The number of rotatable bonds is 3. The molecule has 2 rings (SSSR count). The highest BCUT2D eigenvalue weighted by Gasteiger charge is 2.22. The van der Waals surface area contributed by atoms with Crippen molar-refractivity contribution in [2.45, 2.75) is 12.8 Å².